The van der Waals surface area contributed by atoms with Crippen LogP contribution in [0.25, 0.3) is 0 Å². The van der Waals surface area contributed by atoms with E-state index >= 15 is 0 Å². The lowest BCUT2D eigenvalue weighted by molar-refractivity contribution is 0.0977. The van der Waals surface area contributed by atoms with Crippen molar-refractivity contribution in [3.05, 3.63) is 45.8 Å². The van der Waals surface area contributed by atoms with Crippen LogP contribution in [0.15, 0.2) is 24.4 Å². The van der Waals surface area contributed by atoms with E-state index in [4.69, 9.17) is 34.0 Å². The van der Waals surface area contributed by atoms with E-state index in [0.717, 1.165) is 18.4 Å². The van der Waals surface area contributed by atoms with Crippen molar-refractivity contribution in [2.45, 2.75) is 19.9 Å². The molecule has 1 amide bonds. The van der Waals surface area contributed by atoms with Crippen molar-refractivity contribution in [1.29, 1.82) is 0 Å². The van der Waals surface area contributed by atoms with Crippen molar-refractivity contribution in [3.63, 3.8) is 0 Å². The number of amides is 1. The van der Waals surface area contributed by atoms with E-state index < -0.39 is 33.4 Å². The Kier molecular flexibility index (Phi) is 6.03. The maximum absolute atomic E-state index is 14.2. The standard InChI is InChI=1S/C16H15Cl2FN2O5S/c1-8(2)25-16-12(18)4-9(7-20-16)26-14-6-13(19)10(5-11(14)17)15(22)21-27(3,23)24/h4-8H,1-3H3,(H,21,22)/i8D. The number of rotatable bonds is 6. The summed E-state index contributed by atoms with van der Waals surface area (Å²) in [6.45, 7) is 3.00. The Hall–Kier alpha value is -2.10. The molecule has 2 rings (SSSR count). The van der Waals surface area contributed by atoms with Gasteiger partial charge in [-0.2, -0.15) is 0 Å². The first-order chi connectivity index (χ1) is 12.7. The number of nitrogens with one attached hydrogen (secondary N) is 1. The van der Waals surface area contributed by atoms with Crippen LogP contribution in [0.4, 0.5) is 4.39 Å². The fourth-order valence-corrected chi connectivity index (χ4v) is 2.71. The lowest BCUT2D eigenvalue weighted by atomic mass is 10.2. The Morgan fingerprint density at radius 3 is 2.52 bits per heavy atom. The molecule has 0 bridgehead atoms. The third-order valence-electron chi connectivity index (χ3n) is 2.86. The van der Waals surface area contributed by atoms with Crippen LogP contribution in [-0.4, -0.2) is 31.6 Å². The lowest BCUT2D eigenvalue weighted by Crippen LogP contribution is -2.30. The molecule has 146 valence electrons. The van der Waals surface area contributed by atoms with Crippen molar-refractivity contribution in [1.82, 2.24) is 9.71 Å². The highest BCUT2D eigenvalue weighted by molar-refractivity contribution is 7.89. The number of hydrogen-bond acceptors (Lipinski definition) is 6. The van der Waals surface area contributed by atoms with Crippen LogP contribution >= 0.6 is 23.2 Å². The first kappa shape index (κ1) is 19.7. The number of carbonyl (C=O) groups excluding carboxylic acids is 1. The van der Waals surface area contributed by atoms with Gasteiger partial charge in [-0.15, -0.1) is 0 Å². The molecule has 1 aromatic heterocycles. The molecule has 7 nitrogen and oxygen atoms in total. The van der Waals surface area contributed by atoms with Crippen LogP contribution in [0.2, 0.25) is 10.0 Å². The average molecular weight is 438 g/mol. The van der Waals surface area contributed by atoms with Crippen molar-refractivity contribution in [3.8, 4) is 17.4 Å². The first-order valence-corrected chi connectivity index (χ1v) is 9.93. The molecule has 0 aliphatic heterocycles. The van der Waals surface area contributed by atoms with Gasteiger partial charge in [0.25, 0.3) is 5.91 Å². The van der Waals surface area contributed by atoms with Crippen molar-refractivity contribution in [2.75, 3.05) is 6.26 Å². The summed E-state index contributed by atoms with van der Waals surface area (Å²) in [5, 5.41) is -0.0950. The highest BCUT2D eigenvalue weighted by Gasteiger charge is 2.19. The average Bonchev–Trinajstić information content (AvgIpc) is 2.50. The second-order valence-corrected chi connectivity index (χ2v) is 8.10. The number of carbonyl (C=O) groups is 1. The fourth-order valence-electron chi connectivity index (χ4n) is 1.86. The van der Waals surface area contributed by atoms with Crippen LogP contribution in [0.5, 0.6) is 17.4 Å². The second-order valence-electron chi connectivity index (χ2n) is 5.54. The highest BCUT2D eigenvalue weighted by Crippen LogP contribution is 2.34. The number of ether oxygens (including phenoxy) is 2. The summed E-state index contributed by atoms with van der Waals surface area (Å²) in [5.41, 5.74) is -0.569. The van der Waals surface area contributed by atoms with Crippen LogP contribution in [0.1, 0.15) is 25.6 Å². The van der Waals surface area contributed by atoms with Gasteiger partial charge in [-0.25, -0.2) is 22.5 Å². The van der Waals surface area contributed by atoms with Gasteiger partial charge in [0, 0.05) is 12.1 Å². The summed E-state index contributed by atoms with van der Waals surface area (Å²) >= 11 is 12.0. The predicted molar refractivity (Wildman–Crippen MR) is 98.8 cm³/mol. The molecule has 0 atom stereocenters. The summed E-state index contributed by atoms with van der Waals surface area (Å²) in [4.78, 5) is 15.7. The minimum atomic E-state index is -3.87. The molecule has 0 spiro atoms. The molecule has 27 heavy (non-hydrogen) atoms. The second kappa shape index (κ2) is 8.28. The van der Waals surface area contributed by atoms with Gasteiger partial charge in [0.1, 0.15) is 22.3 Å². The number of nitrogens with zero attached hydrogens (tertiary/aromatic N) is 1. The number of sulfonamides is 1. The molecule has 0 aliphatic rings. The van der Waals surface area contributed by atoms with Crippen LogP contribution in [-0.2, 0) is 10.0 Å². The number of halogens is 3. The third-order valence-corrected chi connectivity index (χ3v) is 3.98. The highest BCUT2D eigenvalue weighted by atomic mass is 35.5. The maximum Gasteiger partial charge on any atom is 0.267 e. The molecule has 1 heterocycles. The molecule has 0 unspecified atom stereocenters. The summed E-state index contributed by atoms with van der Waals surface area (Å²) in [6, 6.07) is 3.08. The van der Waals surface area contributed by atoms with Crippen molar-refractivity contribution in [2.24, 2.45) is 0 Å². The molecule has 0 aliphatic carbocycles. The number of pyridine rings is 1. The molecule has 0 saturated carbocycles. The van der Waals surface area contributed by atoms with Gasteiger partial charge >= 0.3 is 0 Å². The van der Waals surface area contributed by atoms with E-state index in [2.05, 4.69) is 4.98 Å². The number of benzene rings is 1. The quantitative estimate of drug-likeness (QED) is 0.738. The van der Waals surface area contributed by atoms with Crippen LogP contribution in [0, 0.1) is 5.82 Å². The van der Waals surface area contributed by atoms with E-state index in [9.17, 15) is 17.6 Å². The number of aromatic nitrogens is 1. The molecule has 0 saturated heterocycles. The lowest BCUT2D eigenvalue weighted by Gasteiger charge is -2.13. The van der Waals surface area contributed by atoms with Gasteiger partial charge in [-0.3, -0.25) is 4.79 Å². The Bertz CT molecular complexity index is 1030. The van der Waals surface area contributed by atoms with Gasteiger partial charge in [0.05, 0.1) is 30.5 Å². The molecule has 1 aromatic carbocycles. The fraction of sp³-hybridized carbons (Fsp3) is 0.250. The molecule has 0 fully saturated rings. The van der Waals surface area contributed by atoms with Gasteiger partial charge in [-0.05, 0) is 19.9 Å². The summed E-state index contributed by atoms with van der Waals surface area (Å²) < 4.78 is 56.4. The minimum absolute atomic E-state index is 0.0130. The topological polar surface area (TPSA) is 94.6 Å². The Morgan fingerprint density at radius 2 is 1.96 bits per heavy atom. The van der Waals surface area contributed by atoms with Gasteiger partial charge in [-0.1, -0.05) is 23.2 Å². The molecular weight excluding hydrogens is 422 g/mol. The Labute approximate surface area is 166 Å². The van der Waals surface area contributed by atoms with Crippen LogP contribution < -0.4 is 14.2 Å². The Balaban J connectivity index is 2.27. The van der Waals surface area contributed by atoms with E-state index in [1.807, 2.05) is 0 Å². The first-order valence-electron chi connectivity index (χ1n) is 7.79. The zero-order chi connectivity index (χ0) is 21.3. The van der Waals surface area contributed by atoms with Crippen molar-refractivity contribution < 1.29 is 28.4 Å². The third kappa shape index (κ3) is 5.95. The Morgan fingerprint density at radius 1 is 1.30 bits per heavy atom. The molecule has 11 heteroatoms. The van der Waals surface area contributed by atoms with Gasteiger partial charge in [0.15, 0.2) is 0 Å². The smallest absolute Gasteiger partial charge is 0.267 e. The summed E-state index contributed by atoms with van der Waals surface area (Å²) in [6.07, 6.45) is 0.729. The number of hydrogen-bond donors (Lipinski definition) is 1. The van der Waals surface area contributed by atoms with E-state index in [0.29, 0.717) is 0 Å². The molecule has 2 aromatic rings. The van der Waals surface area contributed by atoms with Crippen LogP contribution in [0.3, 0.4) is 0 Å². The van der Waals surface area contributed by atoms with E-state index in [1.54, 1.807) is 4.72 Å². The zero-order valence-corrected chi connectivity index (χ0v) is 16.7. The zero-order valence-electron chi connectivity index (χ0n) is 15.3. The molecule has 0 radical (unpaired) electrons. The predicted octanol–water partition coefficient (Wildman–Crippen LogP) is 3.80. The molecule has 1 N–H and O–H groups in total. The largest absolute Gasteiger partial charge is 0.474 e. The SMILES string of the molecule is [2H]C(C)(C)Oc1ncc(Oc2cc(F)c(C(=O)NS(C)(=O)=O)cc2Cl)cc1Cl. The van der Waals surface area contributed by atoms with Crippen molar-refractivity contribution >= 4 is 39.1 Å². The summed E-state index contributed by atoms with van der Waals surface area (Å²) in [7, 11) is -3.87. The van der Waals surface area contributed by atoms with E-state index in [-0.39, 0.29) is 27.4 Å². The van der Waals surface area contributed by atoms with E-state index in [1.165, 1.54) is 26.1 Å². The molecular formula is C16H15Cl2FN2O5S. The summed E-state index contributed by atoms with van der Waals surface area (Å²) in [5.74, 6) is -2.26. The minimum Gasteiger partial charge on any atom is -0.474 e. The maximum atomic E-state index is 14.2. The van der Waals surface area contributed by atoms with Gasteiger partial charge in [0.2, 0.25) is 15.9 Å². The van der Waals surface area contributed by atoms with Gasteiger partial charge < -0.3 is 9.47 Å². The monoisotopic (exact) mass is 437 g/mol. The normalized spacial score (nSPS) is 12.3.